The van der Waals surface area contributed by atoms with Crippen LogP contribution in [0, 0.1) is 5.92 Å². The van der Waals surface area contributed by atoms with Crippen LogP contribution in [0.25, 0.3) is 6.08 Å². The second kappa shape index (κ2) is 4.30. The van der Waals surface area contributed by atoms with Gasteiger partial charge in [-0.25, -0.2) is 0 Å². The van der Waals surface area contributed by atoms with E-state index in [4.69, 9.17) is 0 Å². The van der Waals surface area contributed by atoms with E-state index in [0.29, 0.717) is 0 Å². The zero-order chi connectivity index (χ0) is 10.7. The van der Waals surface area contributed by atoms with Crippen LogP contribution in [-0.2, 0) is 4.79 Å². The highest BCUT2D eigenvalue weighted by atomic mass is 16.2. The number of rotatable bonds is 2. The summed E-state index contributed by atoms with van der Waals surface area (Å²) < 4.78 is 0. The molecule has 2 heteroatoms. The normalized spacial score (nSPS) is 21.5. The van der Waals surface area contributed by atoms with Gasteiger partial charge in [-0.2, -0.15) is 0 Å². The van der Waals surface area contributed by atoms with Crippen molar-refractivity contribution in [3.05, 3.63) is 42.0 Å². The van der Waals surface area contributed by atoms with Crippen molar-refractivity contribution in [2.75, 3.05) is 13.6 Å². The lowest BCUT2D eigenvalue weighted by Gasteiger charge is -2.06. The summed E-state index contributed by atoms with van der Waals surface area (Å²) in [5.41, 5.74) is 1.15. The standard InChI is InChI=1S/C13H15NO/c1-14-10-9-12(13(14)15)8-7-11-5-3-2-4-6-11/h2-8,12H,9-10H2,1H3. The summed E-state index contributed by atoms with van der Waals surface area (Å²) in [6, 6.07) is 10.1. The van der Waals surface area contributed by atoms with E-state index < -0.39 is 0 Å². The Balaban J connectivity index is 2.04. The molecule has 1 aliphatic heterocycles. The van der Waals surface area contributed by atoms with Gasteiger partial charge in [-0.15, -0.1) is 0 Å². The van der Waals surface area contributed by atoms with Crippen LogP contribution < -0.4 is 0 Å². The molecular formula is C13H15NO. The number of benzene rings is 1. The first-order valence-electron chi connectivity index (χ1n) is 5.25. The Morgan fingerprint density at radius 3 is 2.67 bits per heavy atom. The van der Waals surface area contributed by atoms with Crippen molar-refractivity contribution in [1.82, 2.24) is 4.90 Å². The molecule has 1 fully saturated rings. The highest BCUT2D eigenvalue weighted by molar-refractivity contribution is 5.83. The van der Waals surface area contributed by atoms with Gasteiger partial charge in [-0.3, -0.25) is 4.79 Å². The van der Waals surface area contributed by atoms with E-state index in [-0.39, 0.29) is 11.8 Å². The molecule has 2 rings (SSSR count). The molecule has 0 radical (unpaired) electrons. The number of amides is 1. The molecule has 78 valence electrons. The highest BCUT2D eigenvalue weighted by Gasteiger charge is 2.26. The second-order valence-corrected chi connectivity index (χ2v) is 3.92. The van der Waals surface area contributed by atoms with Gasteiger partial charge in [0.05, 0.1) is 5.92 Å². The van der Waals surface area contributed by atoms with Crippen molar-refractivity contribution in [3.63, 3.8) is 0 Å². The van der Waals surface area contributed by atoms with E-state index >= 15 is 0 Å². The van der Waals surface area contributed by atoms with Crippen molar-refractivity contribution in [2.45, 2.75) is 6.42 Å². The SMILES string of the molecule is CN1CCC(C=Cc2ccccc2)C1=O. The third-order valence-corrected chi connectivity index (χ3v) is 2.79. The lowest BCUT2D eigenvalue weighted by molar-refractivity contribution is -0.128. The summed E-state index contributed by atoms with van der Waals surface area (Å²) in [7, 11) is 1.86. The molecule has 1 heterocycles. The summed E-state index contributed by atoms with van der Waals surface area (Å²) in [5.74, 6) is 0.317. The average Bonchev–Trinajstić information content (AvgIpc) is 2.59. The minimum absolute atomic E-state index is 0.0789. The predicted octanol–water partition coefficient (Wildman–Crippen LogP) is 2.18. The molecule has 1 atom stereocenters. The Morgan fingerprint density at radius 2 is 2.07 bits per heavy atom. The fourth-order valence-corrected chi connectivity index (χ4v) is 1.82. The summed E-state index contributed by atoms with van der Waals surface area (Å²) in [5, 5.41) is 0. The number of carbonyl (C=O) groups excluding carboxylic acids is 1. The maximum atomic E-state index is 11.6. The van der Waals surface area contributed by atoms with E-state index in [0.717, 1.165) is 18.5 Å². The third-order valence-electron chi connectivity index (χ3n) is 2.79. The molecule has 1 saturated heterocycles. The lowest BCUT2D eigenvalue weighted by atomic mass is 10.1. The molecule has 1 aromatic rings. The number of carbonyl (C=O) groups is 1. The van der Waals surface area contributed by atoms with Crippen LogP contribution in [0.1, 0.15) is 12.0 Å². The molecule has 0 saturated carbocycles. The van der Waals surface area contributed by atoms with Gasteiger partial charge < -0.3 is 4.90 Å². The van der Waals surface area contributed by atoms with E-state index in [1.807, 2.05) is 49.5 Å². The molecule has 15 heavy (non-hydrogen) atoms. The maximum absolute atomic E-state index is 11.6. The van der Waals surface area contributed by atoms with E-state index in [9.17, 15) is 4.79 Å². The summed E-state index contributed by atoms with van der Waals surface area (Å²) in [6.07, 6.45) is 4.99. The Morgan fingerprint density at radius 1 is 1.33 bits per heavy atom. The van der Waals surface area contributed by atoms with Gasteiger partial charge in [0.2, 0.25) is 5.91 Å². The molecule has 0 bridgehead atoms. The molecule has 0 aromatic heterocycles. The predicted molar refractivity (Wildman–Crippen MR) is 61.2 cm³/mol. The van der Waals surface area contributed by atoms with Crippen molar-refractivity contribution in [3.8, 4) is 0 Å². The van der Waals surface area contributed by atoms with Gasteiger partial charge in [0.25, 0.3) is 0 Å². The van der Waals surface area contributed by atoms with Crippen LogP contribution in [0.4, 0.5) is 0 Å². The summed E-state index contributed by atoms with van der Waals surface area (Å²) in [4.78, 5) is 13.4. The molecule has 0 spiro atoms. The zero-order valence-electron chi connectivity index (χ0n) is 8.89. The van der Waals surface area contributed by atoms with Crippen molar-refractivity contribution >= 4 is 12.0 Å². The number of hydrogen-bond donors (Lipinski definition) is 0. The molecule has 1 amide bonds. The second-order valence-electron chi connectivity index (χ2n) is 3.92. The van der Waals surface area contributed by atoms with Crippen molar-refractivity contribution in [1.29, 1.82) is 0 Å². The fourth-order valence-electron chi connectivity index (χ4n) is 1.82. The Kier molecular flexibility index (Phi) is 2.86. The molecule has 1 unspecified atom stereocenters. The zero-order valence-corrected chi connectivity index (χ0v) is 8.89. The fraction of sp³-hybridized carbons (Fsp3) is 0.308. The van der Waals surface area contributed by atoms with Crippen LogP contribution in [0.2, 0.25) is 0 Å². The number of hydrogen-bond acceptors (Lipinski definition) is 1. The lowest BCUT2D eigenvalue weighted by Crippen LogP contribution is -2.21. The quantitative estimate of drug-likeness (QED) is 0.718. The number of likely N-dealkylation sites (tertiary alicyclic amines) is 1. The van der Waals surface area contributed by atoms with Gasteiger partial charge in [0.15, 0.2) is 0 Å². The first-order chi connectivity index (χ1) is 7.27. The van der Waals surface area contributed by atoms with Crippen molar-refractivity contribution < 1.29 is 4.79 Å². The largest absolute Gasteiger partial charge is 0.345 e. The van der Waals surface area contributed by atoms with Crippen LogP contribution >= 0.6 is 0 Å². The van der Waals surface area contributed by atoms with Gasteiger partial charge in [0, 0.05) is 13.6 Å². The molecule has 0 aliphatic carbocycles. The maximum Gasteiger partial charge on any atom is 0.229 e. The van der Waals surface area contributed by atoms with Crippen LogP contribution in [-0.4, -0.2) is 24.4 Å². The smallest absolute Gasteiger partial charge is 0.229 e. The van der Waals surface area contributed by atoms with Gasteiger partial charge in [0.1, 0.15) is 0 Å². The van der Waals surface area contributed by atoms with Crippen LogP contribution in [0.3, 0.4) is 0 Å². The number of nitrogens with zero attached hydrogens (tertiary/aromatic N) is 1. The Hall–Kier alpha value is -1.57. The first kappa shape index (κ1) is 9.97. The minimum Gasteiger partial charge on any atom is -0.345 e. The van der Waals surface area contributed by atoms with Gasteiger partial charge in [-0.1, -0.05) is 42.5 Å². The Labute approximate surface area is 90.2 Å². The first-order valence-corrected chi connectivity index (χ1v) is 5.25. The van der Waals surface area contributed by atoms with Crippen LogP contribution in [0.5, 0.6) is 0 Å². The minimum atomic E-state index is 0.0789. The van der Waals surface area contributed by atoms with Gasteiger partial charge in [-0.05, 0) is 12.0 Å². The molecule has 1 aromatic carbocycles. The summed E-state index contributed by atoms with van der Waals surface area (Å²) >= 11 is 0. The molecule has 0 N–H and O–H groups in total. The van der Waals surface area contributed by atoms with Crippen molar-refractivity contribution in [2.24, 2.45) is 5.92 Å². The monoisotopic (exact) mass is 201 g/mol. The van der Waals surface area contributed by atoms with Crippen LogP contribution in [0.15, 0.2) is 36.4 Å². The van der Waals surface area contributed by atoms with E-state index in [1.165, 1.54) is 0 Å². The topological polar surface area (TPSA) is 20.3 Å². The average molecular weight is 201 g/mol. The van der Waals surface area contributed by atoms with Gasteiger partial charge >= 0.3 is 0 Å². The highest BCUT2D eigenvalue weighted by Crippen LogP contribution is 2.18. The molecule has 1 aliphatic rings. The third kappa shape index (κ3) is 2.27. The van der Waals surface area contributed by atoms with E-state index in [2.05, 4.69) is 0 Å². The summed E-state index contributed by atoms with van der Waals surface area (Å²) in [6.45, 7) is 0.878. The molecule has 2 nitrogen and oxygen atoms in total. The Bertz CT molecular complexity index is 369. The van der Waals surface area contributed by atoms with E-state index in [1.54, 1.807) is 4.90 Å². The molecular weight excluding hydrogens is 186 g/mol.